The number of non-ortho nitro benzene ring substituents is 1. The predicted molar refractivity (Wildman–Crippen MR) is 97.2 cm³/mol. The van der Waals surface area contributed by atoms with E-state index >= 15 is 0 Å². The first kappa shape index (κ1) is 20.3. The summed E-state index contributed by atoms with van der Waals surface area (Å²) in [5.74, 6) is -0.0336. The summed E-state index contributed by atoms with van der Waals surface area (Å²) in [6.45, 7) is 1.59. The van der Waals surface area contributed by atoms with Crippen molar-refractivity contribution in [1.29, 1.82) is 0 Å². The van der Waals surface area contributed by atoms with Gasteiger partial charge in [-0.2, -0.15) is 18.3 Å². The fraction of sp³-hybridized carbons (Fsp3) is 0.118. The molecule has 0 fully saturated rings. The number of nitrogens with one attached hydrogen (secondary N) is 1. The molecule has 0 amide bonds. The molecule has 3 rings (SSSR count). The number of rotatable bonds is 5. The van der Waals surface area contributed by atoms with Crippen molar-refractivity contribution in [2.75, 3.05) is 4.72 Å². The van der Waals surface area contributed by atoms with E-state index in [-0.39, 0.29) is 11.5 Å². The Bertz CT molecular complexity index is 1170. The van der Waals surface area contributed by atoms with Crippen LogP contribution in [0.5, 0.6) is 0 Å². The van der Waals surface area contributed by atoms with Gasteiger partial charge in [-0.3, -0.25) is 14.8 Å². The normalized spacial score (nSPS) is 12.0. The molecule has 2 aromatic carbocycles. The summed E-state index contributed by atoms with van der Waals surface area (Å²) in [4.78, 5) is 9.62. The molecule has 29 heavy (non-hydrogen) atoms. The Labute approximate surface area is 162 Å². The van der Waals surface area contributed by atoms with E-state index in [0.717, 1.165) is 18.2 Å². The summed E-state index contributed by atoms with van der Waals surface area (Å²) in [5.41, 5.74) is -0.514. The molecule has 0 aliphatic carbocycles. The molecule has 0 unspecified atom stereocenters. The first-order valence-corrected chi connectivity index (χ1v) is 9.47. The molecule has 12 heteroatoms. The zero-order valence-corrected chi connectivity index (χ0v) is 15.5. The molecular weight excluding hydrogens is 413 g/mol. The van der Waals surface area contributed by atoms with Crippen LogP contribution in [0.4, 0.5) is 24.7 Å². The number of sulfonamides is 1. The number of hydrogen-bond acceptors (Lipinski definition) is 5. The number of benzene rings is 2. The molecule has 1 N–H and O–H groups in total. The topological polar surface area (TPSA) is 107 Å². The number of alkyl halides is 3. The lowest BCUT2D eigenvalue weighted by Gasteiger charge is -2.12. The number of nitro groups is 1. The number of halogens is 3. The fourth-order valence-corrected chi connectivity index (χ4v) is 3.60. The third-order valence-corrected chi connectivity index (χ3v) is 5.20. The number of anilines is 1. The standard InChI is InChI=1S/C17H13F3N4O4S/c1-11-9-16(23(21-11)13-5-7-14(8-6-13)24(25)26)22-29(27,28)15-4-2-3-12(10-15)17(18,19)20/h2-10,22H,1H3. The Balaban J connectivity index is 1.98. The van der Waals surface area contributed by atoms with Crippen molar-refractivity contribution in [1.82, 2.24) is 9.78 Å². The molecule has 0 atom stereocenters. The highest BCUT2D eigenvalue weighted by Crippen LogP contribution is 2.31. The van der Waals surface area contributed by atoms with Crippen molar-refractivity contribution in [3.05, 3.63) is 76.0 Å². The van der Waals surface area contributed by atoms with Gasteiger partial charge in [-0.15, -0.1) is 0 Å². The summed E-state index contributed by atoms with van der Waals surface area (Å²) < 4.78 is 67.3. The van der Waals surface area contributed by atoms with Crippen LogP contribution in [0.3, 0.4) is 0 Å². The summed E-state index contributed by atoms with van der Waals surface area (Å²) in [6.07, 6.45) is -4.69. The number of nitrogens with zero attached hydrogens (tertiary/aromatic N) is 3. The minimum atomic E-state index is -4.69. The van der Waals surface area contributed by atoms with E-state index in [4.69, 9.17) is 0 Å². The van der Waals surface area contributed by atoms with Gasteiger partial charge in [0.2, 0.25) is 0 Å². The molecule has 1 aromatic heterocycles. The van der Waals surface area contributed by atoms with Gasteiger partial charge in [0.05, 0.1) is 26.8 Å². The van der Waals surface area contributed by atoms with Crippen molar-refractivity contribution < 1.29 is 26.5 Å². The molecule has 152 valence electrons. The highest BCUT2D eigenvalue weighted by atomic mass is 32.2. The molecule has 0 aliphatic heterocycles. The van der Waals surface area contributed by atoms with E-state index in [1.165, 1.54) is 35.0 Å². The van der Waals surface area contributed by atoms with Gasteiger partial charge >= 0.3 is 6.18 Å². The Hall–Kier alpha value is -3.41. The Morgan fingerprint density at radius 3 is 2.34 bits per heavy atom. The Morgan fingerprint density at radius 1 is 1.10 bits per heavy atom. The summed E-state index contributed by atoms with van der Waals surface area (Å²) >= 11 is 0. The number of aryl methyl sites for hydroxylation is 1. The highest BCUT2D eigenvalue weighted by molar-refractivity contribution is 7.92. The maximum Gasteiger partial charge on any atom is 0.416 e. The van der Waals surface area contributed by atoms with Gasteiger partial charge in [0.25, 0.3) is 15.7 Å². The van der Waals surface area contributed by atoms with Crippen molar-refractivity contribution in [2.45, 2.75) is 18.0 Å². The van der Waals surface area contributed by atoms with E-state index in [2.05, 4.69) is 9.82 Å². The summed E-state index contributed by atoms with van der Waals surface area (Å²) in [6, 6.07) is 9.89. The molecule has 1 heterocycles. The molecule has 0 aliphatic rings. The second-order valence-electron chi connectivity index (χ2n) is 5.99. The van der Waals surface area contributed by atoms with E-state index < -0.39 is 31.6 Å². The number of aromatic nitrogens is 2. The van der Waals surface area contributed by atoms with E-state index in [1.54, 1.807) is 6.92 Å². The smallest absolute Gasteiger partial charge is 0.263 e. The quantitative estimate of drug-likeness (QED) is 0.492. The van der Waals surface area contributed by atoms with Crippen LogP contribution in [0, 0.1) is 17.0 Å². The average Bonchev–Trinajstić information content (AvgIpc) is 3.00. The Morgan fingerprint density at radius 2 is 1.76 bits per heavy atom. The highest BCUT2D eigenvalue weighted by Gasteiger charge is 2.32. The summed E-state index contributed by atoms with van der Waals surface area (Å²) in [5, 5.41) is 14.9. The molecule has 0 radical (unpaired) electrons. The maximum absolute atomic E-state index is 12.9. The van der Waals surface area contributed by atoms with Crippen LogP contribution in [0.25, 0.3) is 5.69 Å². The van der Waals surface area contributed by atoms with Gasteiger partial charge < -0.3 is 0 Å². The third kappa shape index (κ3) is 4.37. The van der Waals surface area contributed by atoms with Crippen LogP contribution in [0.2, 0.25) is 0 Å². The largest absolute Gasteiger partial charge is 0.416 e. The van der Waals surface area contributed by atoms with Crippen LogP contribution in [0.15, 0.2) is 59.5 Å². The molecule has 3 aromatic rings. The second-order valence-corrected chi connectivity index (χ2v) is 7.67. The lowest BCUT2D eigenvalue weighted by Crippen LogP contribution is -2.17. The first-order valence-electron chi connectivity index (χ1n) is 7.99. The minimum Gasteiger partial charge on any atom is -0.263 e. The zero-order valence-electron chi connectivity index (χ0n) is 14.7. The van der Waals surface area contributed by atoms with Crippen LogP contribution >= 0.6 is 0 Å². The van der Waals surface area contributed by atoms with Crippen LogP contribution in [-0.2, 0) is 16.2 Å². The van der Waals surface area contributed by atoms with Crippen molar-refractivity contribution in [3.8, 4) is 5.69 Å². The van der Waals surface area contributed by atoms with Crippen molar-refractivity contribution >= 4 is 21.5 Å². The Kier molecular flexibility index (Phi) is 5.05. The number of hydrogen-bond donors (Lipinski definition) is 1. The van der Waals surface area contributed by atoms with E-state index in [9.17, 15) is 31.7 Å². The molecule has 0 saturated heterocycles. The number of nitro benzene ring substituents is 1. The first-order chi connectivity index (χ1) is 13.5. The lowest BCUT2D eigenvalue weighted by molar-refractivity contribution is -0.384. The van der Waals surface area contributed by atoms with E-state index in [1.807, 2.05) is 0 Å². The molecule has 8 nitrogen and oxygen atoms in total. The van der Waals surface area contributed by atoms with Crippen LogP contribution in [-0.4, -0.2) is 23.1 Å². The fourth-order valence-electron chi connectivity index (χ4n) is 2.52. The predicted octanol–water partition coefficient (Wildman–Crippen LogP) is 3.91. The zero-order chi connectivity index (χ0) is 21.4. The van der Waals surface area contributed by atoms with Crippen molar-refractivity contribution in [2.24, 2.45) is 0 Å². The van der Waals surface area contributed by atoms with Gasteiger partial charge in [-0.1, -0.05) is 6.07 Å². The molecule has 0 spiro atoms. The monoisotopic (exact) mass is 426 g/mol. The molecule has 0 bridgehead atoms. The maximum atomic E-state index is 12.9. The van der Waals surface area contributed by atoms with Gasteiger partial charge in [0, 0.05) is 18.2 Å². The molecule has 0 saturated carbocycles. The SMILES string of the molecule is Cc1cc(NS(=O)(=O)c2cccc(C(F)(F)F)c2)n(-c2ccc([N+](=O)[O-])cc2)n1. The average molecular weight is 426 g/mol. The second kappa shape index (κ2) is 7.20. The third-order valence-electron chi connectivity index (χ3n) is 3.85. The van der Waals surface area contributed by atoms with Crippen LogP contribution < -0.4 is 4.72 Å². The van der Waals surface area contributed by atoms with Gasteiger partial charge in [0.1, 0.15) is 5.82 Å². The van der Waals surface area contributed by atoms with Crippen molar-refractivity contribution in [3.63, 3.8) is 0 Å². The van der Waals surface area contributed by atoms with Gasteiger partial charge in [-0.25, -0.2) is 13.1 Å². The van der Waals surface area contributed by atoms with E-state index in [0.29, 0.717) is 17.4 Å². The van der Waals surface area contributed by atoms with Crippen LogP contribution in [0.1, 0.15) is 11.3 Å². The lowest BCUT2D eigenvalue weighted by atomic mass is 10.2. The minimum absolute atomic E-state index is 0.0336. The van der Waals surface area contributed by atoms with Gasteiger partial charge in [-0.05, 0) is 37.3 Å². The summed E-state index contributed by atoms with van der Waals surface area (Å²) in [7, 11) is -4.35. The van der Waals surface area contributed by atoms with Gasteiger partial charge in [0.15, 0.2) is 0 Å². The molecular formula is C17H13F3N4O4S.